The van der Waals surface area contributed by atoms with Crippen molar-refractivity contribution in [2.45, 2.75) is 39.2 Å². The van der Waals surface area contributed by atoms with Gasteiger partial charge in [-0.3, -0.25) is 0 Å². The quantitative estimate of drug-likeness (QED) is 0.834. The third kappa shape index (κ3) is 4.44. The van der Waals surface area contributed by atoms with Gasteiger partial charge >= 0.3 is 0 Å². The lowest BCUT2D eigenvalue weighted by atomic mass is 10.1. The van der Waals surface area contributed by atoms with Crippen molar-refractivity contribution in [3.05, 3.63) is 22.7 Å². The summed E-state index contributed by atoms with van der Waals surface area (Å²) >= 11 is 3.48. The van der Waals surface area contributed by atoms with E-state index < -0.39 is 0 Å². The van der Waals surface area contributed by atoms with Crippen LogP contribution in [0.15, 0.2) is 22.7 Å². The summed E-state index contributed by atoms with van der Waals surface area (Å²) in [5.41, 5.74) is 1.11. The van der Waals surface area contributed by atoms with Crippen LogP contribution in [0.4, 0.5) is 5.69 Å². The average molecular weight is 286 g/mol. The van der Waals surface area contributed by atoms with Crippen molar-refractivity contribution in [1.82, 2.24) is 0 Å². The van der Waals surface area contributed by atoms with Crippen LogP contribution >= 0.6 is 15.9 Å². The smallest absolute Gasteiger partial charge is 0.122 e. The summed E-state index contributed by atoms with van der Waals surface area (Å²) in [5.74, 6) is 0.875. The number of hydrogen-bond acceptors (Lipinski definition) is 2. The molecule has 0 aliphatic rings. The summed E-state index contributed by atoms with van der Waals surface area (Å²) < 4.78 is 6.27. The summed E-state index contributed by atoms with van der Waals surface area (Å²) in [6.45, 7) is 4.43. The van der Waals surface area contributed by atoms with Gasteiger partial charge in [0.15, 0.2) is 0 Å². The fourth-order valence-corrected chi connectivity index (χ4v) is 2.10. The van der Waals surface area contributed by atoms with E-state index in [2.05, 4.69) is 41.2 Å². The molecule has 0 radical (unpaired) electrons. The minimum absolute atomic E-state index is 0.499. The molecule has 1 aromatic rings. The van der Waals surface area contributed by atoms with E-state index in [0.29, 0.717) is 6.04 Å². The topological polar surface area (TPSA) is 21.3 Å². The number of rotatable bonds is 6. The molecule has 0 aliphatic carbocycles. The van der Waals surface area contributed by atoms with Gasteiger partial charge in [-0.25, -0.2) is 0 Å². The van der Waals surface area contributed by atoms with Crippen LogP contribution in [0.25, 0.3) is 0 Å². The summed E-state index contributed by atoms with van der Waals surface area (Å²) in [7, 11) is 1.69. The number of methoxy groups -OCH3 is 1. The molecule has 1 atom stereocenters. The van der Waals surface area contributed by atoms with Crippen LogP contribution in [0.5, 0.6) is 5.75 Å². The molecule has 1 aromatic carbocycles. The molecule has 0 spiro atoms. The van der Waals surface area contributed by atoms with Crippen molar-refractivity contribution >= 4 is 21.6 Å². The Bertz CT molecular complexity index is 328. The maximum atomic E-state index is 5.23. The number of halogens is 1. The number of hydrogen-bond donors (Lipinski definition) is 1. The molecule has 1 unspecified atom stereocenters. The molecule has 90 valence electrons. The van der Waals surface area contributed by atoms with Crippen molar-refractivity contribution in [2.75, 3.05) is 12.4 Å². The second-order valence-corrected chi connectivity index (χ2v) is 4.98. The van der Waals surface area contributed by atoms with E-state index in [9.17, 15) is 0 Å². The van der Waals surface area contributed by atoms with Crippen molar-refractivity contribution < 1.29 is 4.74 Å². The van der Waals surface area contributed by atoms with Crippen molar-refractivity contribution in [2.24, 2.45) is 0 Å². The Hall–Kier alpha value is -0.700. The van der Waals surface area contributed by atoms with E-state index in [1.165, 1.54) is 19.3 Å². The number of nitrogens with one attached hydrogen (secondary N) is 1. The number of benzene rings is 1. The molecule has 3 heteroatoms. The van der Waals surface area contributed by atoms with Crippen LogP contribution in [0.3, 0.4) is 0 Å². The molecule has 0 saturated heterocycles. The number of anilines is 1. The van der Waals surface area contributed by atoms with E-state index in [1.54, 1.807) is 7.11 Å². The lowest BCUT2D eigenvalue weighted by molar-refractivity contribution is 0.414. The van der Waals surface area contributed by atoms with E-state index in [-0.39, 0.29) is 0 Å². The minimum atomic E-state index is 0.499. The second-order valence-electron chi connectivity index (χ2n) is 4.07. The zero-order chi connectivity index (χ0) is 12.0. The molecule has 0 bridgehead atoms. The highest BCUT2D eigenvalue weighted by Gasteiger charge is 2.03. The summed E-state index contributed by atoms with van der Waals surface area (Å²) in [5, 5.41) is 3.48. The monoisotopic (exact) mass is 285 g/mol. The first-order valence-electron chi connectivity index (χ1n) is 5.76. The number of unbranched alkanes of at least 4 members (excludes halogenated alkanes) is 1. The highest BCUT2D eigenvalue weighted by molar-refractivity contribution is 9.10. The van der Waals surface area contributed by atoms with E-state index in [4.69, 9.17) is 4.74 Å². The summed E-state index contributed by atoms with van der Waals surface area (Å²) in [4.78, 5) is 0. The molecule has 0 saturated carbocycles. The third-order valence-corrected chi connectivity index (χ3v) is 2.97. The molecule has 0 amide bonds. The van der Waals surface area contributed by atoms with Gasteiger partial charge in [-0.05, 0) is 25.5 Å². The van der Waals surface area contributed by atoms with Gasteiger partial charge in [-0.15, -0.1) is 0 Å². The highest BCUT2D eigenvalue weighted by atomic mass is 79.9. The second kappa shape index (κ2) is 6.79. The minimum Gasteiger partial charge on any atom is -0.497 e. The molecular formula is C13H20BrNO. The fraction of sp³-hybridized carbons (Fsp3) is 0.538. The van der Waals surface area contributed by atoms with Crippen molar-refractivity contribution in [3.8, 4) is 5.75 Å². The zero-order valence-electron chi connectivity index (χ0n) is 10.2. The maximum Gasteiger partial charge on any atom is 0.122 e. The molecule has 0 aliphatic heterocycles. The lowest BCUT2D eigenvalue weighted by Gasteiger charge is -2.15. The largest absolute Gasteiger partial charge is 0.497 e. The molecule has 1 N–H and O–H groups in total. The van der Waals surface area contributed by atoms with Gasteiger partial charge in [0.25, 0.3) is 0 Å². The van der Waals surface area contributed by atoms with Crippen molar-refractivity contribution in [1.29, 1.82) is 0 Å². The van der Waals surface area contributed by atoms with Crippen LogP contribution in [0.2, 0.25) is 0 Å². The Morgan fingerprint density at radius 2 is 2.12 bits per heavy atom. The molecule has 2 nitrogen and oxygen atoms in total. The van der Waals surface area contributed by atoms with Gasteiger partial charge in [-0.2, -0.15) is 0 Å². The average Bonchev–Trinajstić information content (AvgIpc) is 2.25. The van der Waals surface area contributed by atoms with Gasteiger partial charge in [0, 0.05) is 22.3 Å². The first kappa shape index (κ1) is 13.4. The summed E-state index contributed by atoms with van der Waals surface area (Å²) in [6, 6.07) is 6.55. The first-order valence-corrected chi connectivity index (χ1v) is 6.56. The predicted molar refractivity (Wildman–Crippen MR) is 73.3 cm³/mol. The SMILES string of the molecule is CCCCC(C)Nc1cc(Br)cc(OC)c1. The Balaban J connectivity index is 2.61. The van der Waals surface area contributed by atoms with Crippen LogP contribution in [0, 0.1) is 0 Å². The van der Waals surface area contributed by atoms with Crippen LogP contribution < -0.4 is 10.1 Å². The maximum absolute atomic E-state index is 5.23. The molecule has 0 fully saturated rings. The molecule has 0 heterocycles. The predicted octanol–water partition coefficient (Wildman–Crippen LogP) is 4.45. The van der Waals surface area contributed by atoms with E-state index >= 15 is 0 Å². The van der Waals surface area contributed by atoms with Gasteiger partial charge in [0.1, 0.15) is 5.75 Å². The zero-order valence-corrected chi connectivity index (χ0v) is 11.8. The summed E-state index contributed by atoms with van der Waals surface area (Å²) in [6.07, 6.45) is 3.71. The van der Waals surface area contributed by atoms with E-state index in [1.807, 2.05) is 12.1 Å². The van der Waals surface area contributed by atoms with Gasteiger partial charge < -0.3 is 10.1 Å². The first-order chi connectivity index (χ1) is 7.65. The Labute approximate surface area is 107 Å². The number of ether oxygens (including phenoxy) is 1. The van der Waals surface area contributed by atoms with E-state index in [0.717, 1.165) is 15.9 Å². The molecule has 0 aromatic heterocycles. The van der Waals surface area contributed by atoms with Crippen molar-refractivity contribution in [3.63, 3.8) is 0 Å². The standard InChI is InChI=1S/C13H20BrNO/c1-4-5-6-10(2)15-12-7-11(14)8-13(9-12)16-3/h7-10,15H,4-6H2,1-3H3. The van der Waals surface area contributed by atoms with Crippen LogP contribution in [-0.4, -0.2) is 13.2 Å². The molecular weight excluding hydrogens is 266 g/mol. The van der Waals surface area contributed by atoms with Crippen LogP contribution in [0.1, 0.15) is 33.1 Å². The molecule has 16 heavy (non-hydrogen) atoms. The Morgan fingerprint density at radius 1 is 1.38 bits per heavy atom. The Kier molecular flexibility index (Phi) is 5.67. The lowest BCUT2D eigenvalue weighted by Crippen LogP contribution is -2.14. The Morgan fingerprint density at radius 3 is 2.75 bits per heavy atom. The molecule has 1 rings (SSSR count). The van der Waals surface area contributed by atoms with Gasteiger partial charge in [-0.1, -0.05) is 35.7 Å². The van der Waals surface area contributed by atoms with Gasteiger partial charge in [0.2, 0.25) is 0 Å². The van der Waals surface area contributed by atoms with Gasteiger partial charge in [0.05, 0.1) is 7.11 Å². The normalized spacial score (nSPS) is 12.2. The van der Waals surface area contributed by atoms with Crippen LogP contribution in [-0.2, 0) is 0 Å². The highest BCUT2D eigenvalue weighted by Crippen LogP contribution is 2.25. The fourth-order valence-electron chi connectivity index (χ4n) is 1.63. The third-order valence-electron chi connectivity index (χ3n) is 2.51.